The van der Waals surface area contributed by atoms with Crippen LogP contribution in [0.2, 0.25) is 0 Å². The molecule has 6 heteroatoms. The summed E-state index contributed by atoms with van der Waals surface area (Å²) in [7, 11) is 1.68. The number of carbonyl (C=O) groups excluding carboxylic acids is 2. The molecule has 0 aliphatic rings. The van der Waals surface area contributed by atoms with Crippen LogP contribution in [-0.2, 0) is 11.3 Å². The maximum absolute atomic E-state index is 13.5. The fraction of sp³-hybridized carbons (Fsp3) is 0.467. The number of aromatic hydroxyl groups is 1. The predicted octanol–water partition coefficient (Wildman–Crippen LogP) is 1.69. The van der Waals surface area contributed by atoms with Crippen molar-refractivity contribution in [1.29, 1.82) is 0 Å². The Hall–Kier alpha value is -1.95. The maximum Gasteiger partial charge on any atom is 0.234 e. The molecular formula is C15H21FN2O3. The van der Waals surface area contributed by atoms with Crippen molar-refractivity contribution in [2.24, 2.45) is 0 Å². The SMILES string of the molecule is CC(=O)c1cc(F)cc(CN(C)CC(=O)NC(C)C)c1O. The summed E-state index contributed by atoms with van der Waals surface area (Å²) in [6, 6.07) is 2.21. The molecule has 0 saturated carbocycles. The van der Waals surface area contributed by atoms with Crippen LogP contribution in [0.3, 0.4) is 0 Å². The molecule has 1 rings (SSSR count). The number of rotatable bonds is 6. The second-order valence-corrected chi connectivity index (χ2v) is 5.41. The highest BCUT2D eigenvalue weighted by Gasteiger charge is 2.16. The molecule has 0 spiro atoms. The molecule has 0 saturated heterocycles. The van der Waals surface area contributed by atoms with Crippen LogP contribution in [-0.4, -0.2) is 41.3 Å². The number of hydrogen-bond donors (Lipinski definition) is 2. The predicted molar refractivity (Wildman–Crippen MR) is 77.7 cm³/mol. The molecule has 0 unspecified atom stereocenters. The van der Waals surface area contributed by atoms with Crippen molar-refractivity contribution in [3.63, 3.8) is 0 Å². The minimum Gasteiger partial charge on any atom is -0.507 e. The minimum atomic E-state index is -0.590. The van der Waals surface area contributed by atoms with E-state index in [0.29, 0.717) is 0 Å². The average Bonchev–Trinajstić information content (AvgIpc) is 2.31. The number of halogens is 1. The summed E-state index contributed by atoms with van der Waals surface area (Å²) in [6.45, 7) is 5.25. The van der Waals surface area contributed by atoms with Crippen molar-refractivity contribution in [3.8, 4) is 5.75 Å². The van der Waals surface area contributed by atoms with E-state index in [1.165, 1.54) is 13.0 Å². The van der Waals surface area contributed by atoms with Crippen LogP contribution in [0.4, 0.5) is 4.39 Å². The third-order valence-corrected chi connectivity index (χ3v) is 2.84. The van der Waals surface area contributed by atoms with Crippen LogP contribution in [0.1, 0.15) is 36.7 Å². The van der Waals surface area contributed by atoms with Gasteiger partial charge in [-0.05, 0) is 40.0 Å². The molecule has 116 valence electrons. The van der Waals surface area contributed by atoms with Gasteiger partial charge in [0.25, 0.3) is 0 Å². The number of carbonyl (C=O) groups is 2. The van der Waals surface area contributed by atoms with E-state index in [1.807, 2.05) is 13.8 Å². The van der Waals surface area contributed by atoms with Crippen molar-refractivity contribution >= 4 is 11.7 Å². The molecule has 0 fully saturated rings. The number of benzene rings is 1. The number of amides is 1. The van der Waals surface area contributed by atoms with E-state index in [9.17, 15) is 19.1 Å². The monoisotopic (exact) mass is 296 g/mol. The van der Waals surface area contributed by atoms with E-state index >= 15 is 0 Å². The van der Waals surface area contributed by atoms with Gasteiger partial charge in [0.2, 0.25) is 5.91 Å². The van der Waals surface area contributed by atoms with E-state index < -0.39 is 11.6 Å². The summed E-state index contributed by atoms with van der Waals surface area (Å²) in [4.78, 5) is 24.6. The summed E-state index contributed by atoms with van der Waals surface area (Å²) in [5, 5.41) is 12.7. The van der Waals surface area contributed by atoms with Gasteiger partial charge in [0.15, 0.2) is 5.78 Å². The van der Waals surface area contributed by atoms with Crippen LogP contribution in [0.15, 0.2) is 12.1 Å². The van der Waals surface area contributed by atoms with Crippen LogP contribution < -0.4 is 5.32 Å². The second kappa shape index (κ2) is 7.17. The van der Waals surface area contributed by atoms with Crippen LogP contribution in [0.25, 0.3) is 0 Å². The Labute approximate surface area is 123 Å². The lowest BCUT2D eigenvalue weighted by Gasteiger charge is -2.18. The topological polar surface area (TPSA) is 69.6 Å². The molecule has 0 radical (unpaired) electrons. The number of hydrogen-bond acceptors (Lipinski definition) is 4. The molecule has 5 nitrogen and oxygen atoms in total. The van der Waals surface area contributed by atoms with Gasteiger partial charge in [-0.25, -0.2) is 4.39 Å². The Morgan fingerprint density at radius 2 is 2.00 bits per heavy atom. The average molecular weight is 296 g/mol. The van der Waals surface area contributed by atoms with Gasteiger partial charge in [0, 0.05) is 18.2 Å². The number of nitrogens with zero attached hydrogens (tertiary/aromatic N) is 1. The zero-order valence-electron chi connectivity index (χ0n) is 12.7. The normalized spacial score (nSPS) is 11.0. The number of Topliss-reactive ketones (excluding diaryl/α,β-unsaturated/α-hetero) is 1. The summed E-state index contributed by atoms with van der Waals surface area (Å²) in [5.74, 6) is -1.39. The van der Waals surface area contributed by atoms with Gasteiger partial charge in [-0.15, -0.1) is 0 Å². The Bertz CT molecular complexity index is 544. The highest BCUT2D eigenvalue weighted by Crippen LogP contribution is 2.25. The highest BCUT2D eigenvalue weighted by atomic mass is 19.1. The van der Waals surface area contributed by atoms with Gasteiger partial charge >= 0.3 is 0 Å². The van der Waals surface area contributed by atoms with Crippen LogP contribution >= 0.6 is 0 Å². The number of nitrogens with one attached hydrogen (secondary N) is 1. The molecule has 1 aromatic rings. The van der Waals surface area contributed by atoms with Crippen molar-refractivity contribution < 1.29 is 19.1 Å². The second-order valence-electron chi connectivity index (χ2n) is 5.41. The van der Waals surface area contributed by atoms with E-state index in [0.717, 1.165) is 6.07 Å². The number of phenols is 1. The van der Waals surface area contributed by atoms with Crippen molar-refractivity contribution in [1.82, 2.24) is 10.2 Å². The lowest BCUT2D eigenvalue weighted by Crippen LogP contribution is -2.38. The Morgan fingerprint density at radius 3 is 2.52 bits per heavy atom. The smallest absolute Gasteiger partial charge is 0.234 e. The highest BCUT2D eigenvalue weighted by molar-refractivity contribution is 5.97. The third-order valence-electron chi connectivity index (χ3n) is 2.84. The Balaban J connectivity index is 2.83. The quantitative estimate of drug-likeness (QED) is 0.784. The maximum atomic E-state index is 13.5. The molecule has 0 aliphatic carbocycles. The van der Waals surface area contributed by atoms with Crippen molar-refractivity contribution in [3.05, 3.63) is 29.1 Å². The van der Waals surface area contributed by atoms with E-state index in [1.54, 1.807) is 11.9 Å². The summed E-state index contributed by atoms with van der Waals surface area (Å²) in [5.41, 5.74) is 0.227. The minimum absolute atomic E-state index is 0.0396. The van der Waals surface area contributed by atoms with E-state index in [2.05, 4.69) is 5.32 Å². The summed E-state index contributed by atoms with van der Waals surface area (Å²) in [6.07, 6.45) is 0. The Morgan fingerprint density at radius 1 is 1.38 bits per heavy atom. The van der Waals surface area contributed by atoms with E-state index in [-0.39, 0.29) is 41.9 Å². The lowest BCUT2D eigenvalue weighted by atomic mass is 10.0. The first-order valence-corrected chi connectivity index (χ1v) is 6.71. The number of likely N-dealkylation sites (N-methyl/N-ethyl adjacent to an activating group) is 1. The van der Waals surface area contributed by atoms with Crippen LogP contribution in [0, 0.1) is 5.82 Å². The van der Waals surface area contributed by atoms with Gasteiger partial charge in [-0.1, -0.05) is 0 Å². The van der Waals surface area contributed by atoms with Gasteiger partial charge in [0.05, 0.1) is 12.1 Å². The summed E-state index contributed by atoms with van der Waals surface area (Å²) < 4.78 is 13.5. The van der Waals surface area contributed by atoms with Gasteiger partial charge < -0.3 is 10.4 Å². The Kier molecular flexibility index (Phi) is 5.84. The lowest BCUT2D eigenvalue weighted by molar-refractivity contribution is -0.122. The first-order valence-electron chi connectivity index (χ1n) is 6.71. The molecule has 0 aromatic heterocycles. The number of phenolic OH excluding ortho intramolecular Hbond substituents is 1. The largest absolute Gasteiger partial charge is 0.507 e. The fourth-order valence-corrected chi connectivity index (χ4v) is 2.00. The molecule has 1 amide bonds. The zero-order valence-corrected chi connectivity index (χ0v) is 12.7. The molecule has 0 atom stereocenters. The first-order chi connectivity index (χ1) is 9.70. The van der Waals surface area contributed by atoms with Crippen LogP contribution in [0.5, 0.6) is 5.75 Å². The molecule has 0 aliphatic heterocycles. The molecule has 0 heterocycles. The zero-order chi connectivity index (χ0) is 16.2. The third kappa shape index (κ3) is 5.15. The summed E-state index contributed by atoms with van der Waals surface area (Å²) >= 11 is 0. The van der Waals surface area contributed by atoms with Gasteiger partial charge in [0.1, 0.15) is 11.6 Å². The fourth-order valence-electron chi connectivity index (χ4n) is 2.00. The standard InChI is InChI=1S/C15H21FN2O3/c1-9(2)17-14(20)8-18(4)7-11-5-12(16)6-13(10(3)19)15(11)21/h5-6,9,21H,7-8H2,1-4H3,(H,17,20). The molecular weight excluding hydrogens is 275 g/mol. The molecule has 2 N–H and O–H groups in total. The molecule has 1 aromatic carbocycles. The first kappa shape index (κ1) is 17.1. The van der Waals surface area contributed by atoms with Crippen molar-refractivity contribution in [2.75, 3.05) is 13.6 Å². The number of ketones is 1. The van der Waals surface area contributed by atoms with Gasteiger partial charge in [-0.3, -0.25) is 14.5 Å². The van der Waals surface area contributed by atoms with E-state index in [4.69, 9.17) is 0 Å². The van der Waals surface area contributed by atoms with Gasteiger partial charge in [-0.2, -0.15) is 0 Å². The van der Waals surface area contributed by atoms with Crippen molar-refractivity contribution in [2.45, 2.75) is 33.4 Å². The molecule has 21 heavy (non-hydrogen) atoms. The molecule has 0 bridgehead atoms.